The van der Waals surface area contributed by atoms with Gasteiger partial charge < -0.3 is 9.67 Å². The standard InChI is InChI=1S/C24H22N4O/c1-17-22(18(2)27-26-17)15-28-16-25-23(20-8-4-3-5-9-20)24(28)21-12-10-19(11-13-21)7-6-14-29/h3-5,8-13,16,29H,14-15H2,1-2H3,(H,26,27). The van der Waals surface area contributed by atoms with E-state index >= 15 is 0 Å². The van der Waals surface area contributed by atoms with Crippen molar-refractivity contribution < 1.29 is 5.11 Å². The third kappa shape index (κ3) is 3.84. The molecule has 5 heteroatoms. The van der Waals surface area contributed by atoms with Crippen molar-refractivity contribution in [1.29, 1.82) is 0 Å². The monoisotopic (exact) mass is 382 g/mol. The molecule has 0 unspecified atom stereocenters. The molecule has 5 nitrogen and oxygen atoms in total. The van der Waals surface area contributed by atoms with E-state index in [0.29, 0.717) is 6.54 Å². The normalized spacial score (nSPS) is 10.6. The molecule has 144 valence electrons. The van der Waals surface area contributed by atoms with E-state index in [1.807, 2.05) is 50.5 Å². The number of H-pyrrole nitrogens is 1. The quantitative estimate of drug-likeness (QED) is 0.525. The predicted molar refractivity (Wildman–Crippen MR) is 114 cm³/mol. The van der Waals surface area contributed by atoms with Crippen LogP contribution in [0.1, 0.15) is 22.5 Å². The fourth-order valence-corrected chi connectivity index (χ4v) is 3.44. The maximum absolute atomic E-state index is 8.91. The minimum atomic E-state index is -0.143. The van der Waals surface area contributed by atoms with Crippen LogP contribution in [0.5, 0.6) is 0 Å². The molecular weight excluding hydrogens is 360 g/mol. The summed E-state index contributed by atoms with van der Waals surface area (Å²) in [5, 5.41) is 16.3. The van der Waals surface area contributed by atoms with E-state index in [0.717, 1.165) is 39.5 Å². The maximum atomic E-state index is 8.91. The topological polar surface area (TPSA) is 66.7 Å². The van der Waals surface area contributed by atoms with Crippen molar-refractivity contribution in [2.24, 2.45) is 0 Å². The summed E-state index contributed by atoms with van der Waals surface area (Å²) in [4.78, 5) is 4.75. The van der Waals surface area contributed by atoms with Crippen LogP contribution in [-0.2, 0) is 6.54 Å². The number of aliphatic hydroxyl groups is 1. The van der Waals surface area contributed by atoms with Crippen molar-refractivity contribution in [2.75, 3.05) is 6.61 Å². The van der Waals surface area contributed by atoms with Gasteiger partial charge in [0.05, 0.1) is 30.0 Å². The minimum Gasteiger partial charge on any atom is -0.384 e. The fourth-order valence-electron chi connectivity index (χ4n) is 3.44. The van der Waals surface area contributed by atoms with Crippen LogP contribution in [0.25, 0.3) is 22.5 Å². The van der Waals surface area contributed by atoms with Crippen molar-refractivity contribution in [3.63, 3.8) is 0 Å². The van der Waals surface area contributed by atoms with Gasteiger partial charge in [-0.3, -0.25) is 5.10 Å². The molecule has 2 aromatic carbocycles. The van der Waals surface area contributed by atoms with E-state index in [9.17, 15) is 0 Å². The van der Waals surface area contributed by atoms with Gasteiger partial charge in [-0.05, 0) is 26.0 Å². The minimum absolute atomic E-state index is 0.143. The Kier molecular flexibility index (Phi) is 5.28. The molecule has 0 radical (unpaired) electrons. The highest BCUT2D eigenvalue weighted by molar-refractivity contribution is 5.79. The van der Waals surface area contributed by atoms with Crippen LogP contribution < -0.4 is 0 Å². The van der Waals surface area contributed by atoms with Crippen LogP contribution >= 0.6 is 0 Å². The zero-order valence-corrected chi connectivity index (χ0v) is 16.5. The van der Waals surface area contributed by atoms with E-state index in [4.69, 9.17) is 10.1 Å². The van der Waals surface area contributed by atoms with Crippen molar-refractivity contribution in [3.05, 3.63) is 83.4 Å². The number of rotatable bonds is 4. The van der Waals surface area contributed by atoms with Crippen molar-refractivity contribution in [3.8, 4) is 34.4 Å². The predicted octanol–water partition coefficient (Wildman–Crippen LogP) is 3.95. The molecule has 0 aliphatic rings. The Morgan fingerprint density at radius 2 is 1.76 bits per heavy atom. The summed E-state index contributed by atoms with van der Waals surface area (Å²) in [5.74, 6) is 5.63. The first-order valence-electron chi connectivity index (χ1n) is 9.48. The molecule has 0 amide bonds. The highest BCUT2D eigenvalue weighted by atomic mass is 16.2. The lowest BCUT2D eigenvalue weighted by atomic mass is 10.0. The van der Waals surface area contributed by atoms with Crippen LogP contribution in [0.2, 0.25) is 0 Å². The van der Waals surface area contributed by atoms with Gasteiger partial charge in [-0.1, -0.05) is 54.3 Å². The Morgan fingerprint density at radius 1 is 1.00 bits per heavy atom. The van der Waals surface area contributed by atoms with E-state index in [1.54, 1.807) is 0 Å². The van der Waals surface area contributed by atoms with E-state index in [-0.39, 0.29) is 6.61 Å². The number of nitrogens with one attached hydrogen (secondary N) is 1. The number of imidazole rings is 1. The molecule has 4 aromatic rings. The first kappa shape index (κ1) is 18.7. The number of hydrogen-bond acceptors (Lipinski definition) is 3. The Labute approximate surface area is 170 Å². The molecule has 0 aliphatic heterocycles. The van der Waals surface area contributed by atoms with Crippen LogP contribution in [0.3, 0.4) is 0 Å². The van der Waals surface area contributed by atoms with Gasteiger partial charge in [-0.15, -0.1) is 0 Å². The molecular formula is C24H22N4O. The molecule has 0 saturated heterocycles. The van der Waals surface area contributed by atoms with Crippen molar-refractivity contribution in [2.45, 2.75) is 20.4 Å². The molecule has 2 N–H and O–H groups in total. The lowest BCUT2D eigenvalue weighted by Crippen LogP contribution is -2.03. The molecule has 0 aliphatic carbocycles. The molecule has 2 heterocycles. The number of aryl methyl sites for hydroxylation is 2. The van der Waals surface area contributed by atoms with Gasteiger partial charge in [0, 0.05) is 27.9 Å². The third-order valence-electron chi connectivity index (χ3n) is 4.96. The van der Waals surface area contributed by atoms with Gasteiger partial charge in [-0.25, -0.2) is 4.98 Å². The zero-order chi connectivity index (χ0) is 20.2. The summed E-state index contributed by atoms with van der Waals surface area (Å²) in [6.07, 6.45) is 1.89. The van der Waals surface area contributed by atoms with Gasteiger partial charge in [0.25, 0.3) is 0 Å². The van der Waals surface area contributed by atoms with Gasteiger partial charge in [-0.2, -0.15) is 5.10 Å². The zero-order valence-electron chi connectivity index (χ0n) is 16.5. The largest absolute Gasteiger partial charge is 0.384 e. The van der Waals surface area contributed by atoms with Crippen LogP contribution in [0.4, 0.5) is 0 Å². The highest BCUT2D eigenvalue weighted by Gasteiger charge is 2.17. The van der Waals surface area contributed by atoms with Crippen LogP contribution in [0.15, 0.2) is 60.9 Å². The Bertz CT molecular complexity index is 1160. The molecule has 2 aromatic heterocycles. The van der Waals surface area contributed by atoms with Crippen molar-refractivity contribution in [1.82, 2.24) is 19.7 Å². The van der Waals surface area contributed by atoms with Gasteiger partial charge in [0.1, 0.15) is 6.61 Å². The van der Waals surface area contributed by atoms with E-state index < -0.39 is 0 Å². The smallest absolute Gasteiger partial charge is 0.104 e. The first-order chi connectivity index (χ1) is 14.2. The molecule has 0 spiro atoms. The summed E-state index contributed by atoms with van der Waals surface area (Å²) in [6, 6.07) is 18.3. The molecule has 4 rings (SSSR count). The lowest BCUT2D eigenvalue weighted by molar-refractivity contribution is 0.350. The van der Waals surface area contributed by atoms with Gasteiger partial charge in [0.2, 0.25) is 0 Å². The van der Waals surface area contributed by atoms with Crippen LogP contribution in [0, 0.1) is 25.7 Å². The maximum Gasteiger partial charge on any atom is 0.104 e. The second kappa shape index (κ2) is 8.17. The average Bonchev–Trinajstić information content (AvgIpc) is 3.32. The van der Waals surface area contributed by atoms with Crippen LogP contribution in [-0.4, -0.2) is 31.5 Å². The first-order valence-corrected chi connectivity index (χ1v) is 9.48. The summed E-state index contributed by atoms with van der Waals surface area (Å²) in [7, 11) is 0. The summed E-state index contributed by atoms with van der Waals surface area (Å²) in [5.41, 5.74) is 8.25. The Morgan fingerprint density at radius 3 is 2.41 bits per heavy atom. The van der Waals surface area contributed by atoms with E-state index in [2.05, 4.69) is 50.9 Å². The molecule has 29 heavy (non-hydrogen) atoms. The second-order valence-corrected chi connectivity index (χ2v) is 6.89. The Balaban J connectivity index is 1.82. The number of benzene rings is 2. The number of aliphatic hydroxyl groups excluding tert-OH is 1. The Hall–Kier alpha value is -3.62. The lowest BCUT2D eigenvalue weighted by Gasteiger charge is -2.11. The molecule has 0 fully saturated rings. The third-order valence-corrected chi connectivity index (χ3v) is 4.96. The SMILES string of the molecule is Cc1n[nH]c(C)c1Cn1cnc(-c2ccccc2)c1-c1ccc(C#CCO)cc1. The van der Waals surface area contributed by atoms with Gasteiger partial charge >= 0.3 is 0 Å². The summed E-state index contributed by atoms with van der Waals surface area (Å²) in [6.45, 7) is 4.60. The summed E-state index contributed by atoms with van der Waals surface area (Å²) >= 11 is 0. The fraction of sp³-hybridized carbons (Fsp3) is 0.167. The van der Waals surface area contributed by atoms with Crippen molar-refractivity contribution >= 4 is 0 Å². The number of aromatic amines is 1. The summed E-state index contributed by atoms with van der Waals surface area (Å²) < 4.78 is 2.17. The second-order valence-electron chi connectivity index (χ2n) is 6.89. The highest BCUT2D eigenvalue weighted by Crippen LogP contribution is 2.32. The van der Waals surface area contributed by atoms with E-state index in [1.165, 1.54) is 5.56 Å². The molecule has 0 bridgehead atoms. The number of hydrogen-bond donors (Lipinski definition) is 2. The molecule has 0 atom stereocenters. The molecule has 0 saturated carbocycles. The average molecular weight is 382 g/mol. The van der Waals surface area contributed by atoms with Gasteiger partial charge in [0.15, 0.2) is 0 Å². The number of nitrogens with zero attached hydrogens (tertiary/aromatic N) is 3. The number of aromatic nitrogens is 4.